The number of nitrogens with zero attached hydrogens (tertiary/aromatic N) is 1. The lowest BCUT2D eigenvalue weighted by Gasteiger charge is -2.17. The number of sulfonamides is 1. The summed E-state index contributed by atoms with van der Waals surface area (Å²) in [7, 11) is 1.03. The number of anilines is 2. The number of hydroxylamine groups is 1. The summed E-state index contributed by atoms with van der Waals surface area (Å²) in [5.74, 6) is 0. The normalized spacial score (nSPS) is 11.4. The van der Waals surface area contributed by atoms with Crippen molar-refractivity contribution in [3.63, 3.8) is 0 Å². The van der Waals surface area contributed by atoms with Crippen LogP contribution in [0.5, 0.6) is 0 Å². The molecule has 0 amide bonds. The van der Waals surface area contributed by atoms with Crippen LogP contribution in [-0.2, 0) is 14.9 Å². The maximum Gasteiger partial charge on any atom is 0.242 e. The van der Waals surface area contributed by atoms with E-state index in [4.69, 9.17) is 10.6 Å². The molecule has 0 aromatic heterocycles. The Hall–Kier alpha value is -1.31. The van der Waals surface area contributed by atoms with Gasteiger partial charge in [0.25, 0.3) is 0 Å². The highest BCUT2D eigenvalue weighted by molar-refractivity contribution is 7.89. The molecule has 1 rings (SSSR count). The summed E-state index contributed by atoms with van der Waals surface area (Å²) in [6, 6.07) is 4.59. The van der Waals surface area contributed by atoms with Gasteiger partial charge in [0.05, 0.1) is 18.5 Å². The van der Waals surface area contributed by atoms with Crippen LogP contribution in [0.2, 0.25) is 0 Å². The molecule has 0 atom stereocenters. The van der Waals surface area contributed by atoms with Crippen LogP contribution in [-0.4, -0.2) is 29.6 Å². The van der Waals surface area contributed by atoms with Gasteiger partial charge in [0, 0.05) is 7.05 Å². The molecule has 0 aliphatic carbocycles. The standard InChI is InChI=1S/C9H15N3O3S/c1-11-16(13,14)9-5-4-7(6-8(9)10)12(2)15-3/h4-6,11H,10H2,1-3H3. The van der Waals surface area contributed by atoms with E-state index in [1.165, 1.54) is 31.4 Å². The van der Waals surface area contributed by atoms with E-state index in [1.54, 1.807) is 13.1 Å². The first-order valence-electron chi connectivity index (χ1n) is 4.53. The third-order valence-electron chi connectivity index (χ3n) is 2.19. The largest absolute Gasteiger partial charge is 0.398 e. The molecule has 1 aromatic rings. The van der Waals surface area contributed by atoms with E-state index in [9.17, 15) is 8.42 Å². The van der Waals surface area contributed by atoms with Gasteiger partial charge in [0.15, 0.2) is 0 Å². The summed E-state index contributed by atoms with van der Waals surface area (Å²) in [5, 5.41) is 1.48. The van der Waals surface area contributed by atoms with Crippen molar-refractivity contribution in [3.8, 4) is 0 Å². The monoisotopic (exact) mass is 245 g/mol. The van der Waals surface area contributed by atoms with Crippen LogP contribution in [0.25, 0.3) is 0 Å². The lowest BCUT2D eigenvalue weighted by Crippen LogP contribution is -2.20. The summed E-state index contributed by atoms with van der Waals surface area (Å²) in [6.07, 6.45) is 0. The van der Waals surface area contributed by atoms with Crippen molar-refractivity contribution in [2.45, 2.75) is 4.90 Å². The maximum atomic E-state index is 11.5. The number of hydrogen-bond donors (Lipinski definition) is 2. The zero-order valence-corrected chi connectivity index (χ0v) is 10.2. The first kappa shape index (κ1) is 12.8. The molecule has 0 unspecified atom stereocenters. The zero-order chi connectivity index (χ0) is 12.3. The highest BCUT2D eigenvalue weighted by atomic mass is 32.2. The predicted molar refractivity (Wildman–Crippen MR) is 62.5 cm³/mol. The molecule has 0 saturated heterocycles. The third-order valence-corrected chi connectivity index (χ3v) is 3.68. The van der Waals surface area contributed by atoms with Gasteiger partial charge in [0.1, 0.15) is 4.90 Å². The van der Waals surface area contributed by atoms with E-state index in [1.807, 2.05) is 0 Å². The quantitative estimate of drug-likeness (QED) is 0.583. The first-order valence-corrected chi connectivity index (χ1v) is 6.01. The second-order valence-corrected chi connectivity index (χ2v) is 4.96. The molecule has 0 fully saturated rings. The summed E-state index contributed by atoms with van der Waals surface area (Å²) in [6.45, 7) is 0. The van der Waals surface area contributed by atoms with E-state index in [2.05, 4.69) is 4.72 Å². The lowest BCUT2D eigenvalue weighted by molar-refractivity contribution is 0.185. The van der Waals surface area contributed by atoms with Gasteiger partial charge in [0.2, 0.25) is 10.0 Å². The van der Waals surface area contributed by atoms with Gasteiger partial charge in [-0.05, 0) is 25.2 Å². The second-order valence-electron chi connectivity index (χ2n) is 3.11. The molecule has 3 N–H and O–H groups in total. The summed E-state index contributed by atoms with van der Waals surface area (Å²) in [5.41, 5.74) is 6.53. The van der Waals surface area contributed by atoms with Crippen LogP contribution in [0.1, 0.15) is 0 Å². The number of rotatable bonds is 4. The number of benzene rings is 1. The van der Waals surface area contributed by atoms with Crippen LogP contribution >= 0.6 is 0 Å². The Kier molecular flexibility index (Phi) is 3.74. The maximum absolute atomic E-state index is 11.5. The summed E-state index contributed by atoms with van der Waals surface area (Å²) in [4.78, 5) is 5.01. The van der Waals surface area contributed by atoms with E-state index >= 15 is 0 Å². The molecule has 0 spiro atoms. The predicted octanol–water partition coefficient (Wildman–Crippen LogP) is 0.174. The number of nitrogens with one attached hydrogen (secondary N) is 1. The molecule has 0 radical (unpaired) electrons. The van der Waals surface area contributed by atoms with Gasteiger partial charge in [-0.2, -0.15) is 0 Å². The molecule has 6 nitrogen and oxygen atoms in total. The van der Waals surface area contributed by atoms with Gasteiger partial charge in [-0.3, -0.25) is 9.90 Å². The minimum Gasteiger partial charge on any atom is -0.398 e. The lowest BCUT2D eigenvalue weighted by atomic mass is 10.3. The van der Waals surface area contributed by atoms with Gasteiger partial charge >= 0.3 is 0 Å². The molecule has 0 aliphatic heterocycles. The van der Waals surface area contributed by atoms with Crippen LogP contribution in [0.15, 0.2) is 23.1 Å². The fraction of sp³-hybridized carbons (Fsp3) is 0.333. The van der Waals surface area contributed by atoms with Crippen molar-refractivity contribution >= 4 is 21.4 Å². The fourth-order valence-electron chi connectivity index (χ4n) is 1.19. The average molecular weight is 245 g/mol. The Balaban J connectivity index is 3.20. The third kappa shape index (κ3) is 2.43. The Morgan fingerprint density at radius 3 is 2.50 bits per heavy atom. The van der Waals surface area contributed by atoms with Crippen molar-refractivity contribution in [1.82, 2.24) is 4.72 Å². The Morgan fingerprint density at radius 1 is 1.44 bits per heavy atom. The van der Waals surface area contributed by atoms with Crippen LogP contribution in [0, 0.1) is 0 Å². The highest BCUT2D eigenvalue weighted by Crippen LogP contribution is 2.23. The summed E-state index contributed by atoms with van der Waals surface area (Å²) < 4.78 is 25.3. The Labute approximate surface area is 95.0 Å². The van der Waals surface area contributed by atoms with Crippen molar-refractivity contribution in [2.75, 3.05) is 32.0 Å². The van der Waals surface area contributed by atoms with Crippen molar-refractivity contribution < 1.29 is 13.3 Å². The van der Waals surface area contributed by atoms with Crippen LogP contribution in [0.3, 0.4) is 0 Å². The smallest absolute Gasteiger partial charge is 0.242 e. The number of nitrogens with two attached hydrogens (primary N) is 1. The first-order chi connectivity index (χ1) is 7.42. The fourth-order valence-corrected chi connectivity index (χ4v) is 2.03. The van der Waals surface area contributed by atoms with Gasteiger partial charge in [-0.25, -0.2) is 13.1 Å². The molecule has 0 aliphatic rings. The molecular formula is C9H15N3O3S. The minimum absolute atomic E-state index is 0.0586. The highest BCUT2D eigenvalue weighted by Gasteiger charge is 2.15. The van der Waals surface area contributed by atoms with Crippen molar-refractivity contribution in [1.29, 1.82) is 0 Å². The SMILES string of the molecule is CNS(=O)(=O)c1ccc(N(C)OC)cc1N. The van der Waals surface area contributed by atoms with Gasteiger partial charge < -0.3 is 5.73 Å². The van der Waals surface area contributed by atoms with E-state index < -0.39 is 10.0 Å². The zero-order valence-electron chi connectivity index (χ0n) is 9.39. The van der Waals surface area contributed by atoms with Crippen LogP contribution in [0.4, 0.5) is 11.4 Å². The van der Waals surface area contributed by atoms with Crippen molar-refractivity contribution in [2.24, 2.45) is 0 Å². The number of hydrogen-bond acceptors (Lipinski definition) is 5. The Morgan fingerprint density at radius 2 is 2.06 bits per heavy atom. The van der Waals surface area contributed by atoms with Crippen LogP contribution < -0.4 is 15.5 Å². The van der Waals surface area contributed by atoms with Gasteiger partial charge in [-0.1, -0.05) is 0 Å². The summed E-state index contributed by atoms with van der Waals surface area (Å²) >= 11 is 0. The van der Waals surface area contributed by atoms with E-state index in [0.717, 1.165) is 0 Å². The van der Waals surface area contributed by atoms with Gasteiger partial charge in [-0.15, -0.1) is 0 Å². The molecule has 0 saturated carbocycles. The molecular weight excluding hydrogens is 230 g/mol. The second kappa shape index (κ2) is 4.69. The molecule has 0 bridgehead atoms. The topological polar surface area (TPSA) is 84.7 Å². The average Bonchev–Trinajstić information content (AvgIpc) is 2.27. The molecule has 7 heteroatoms. The molecule has 0 heterocycles. The van der Waals surface area contributed by atoms with E-state index in [0.29, 0.717) is 5.69 Å². The Bertz CT molecular complexity index is 473. The number of nitrogen functional groups attached to an aromatic ring is 1. The molecule has 16 heavy (non-hydrogen) atoms. The van der Waals surface area contributed by atoms with E-state index in [-0.39, 0.29) is 10.6 Å². The molecule has 1 aromatic carbocycles. The molecule has 90 valence electrons. The minimum atomic E-state index is -3.51. The van der Waals surface area contributed by atoms with Crippen molar-refractivity contribution in [3.05, 3.63) is 18.2 Å².